The van der Waals surface area contributed by atoms with Crippen molar-refractivity contribution in [3.63, 3.8) is 0 Å². The first-order chi connectivity index (χ1) is 2.94. The predicted octanol–water partition coefficient (Wildman–Crippen LogP) is 0.911. The van der Waals surface area contributed by atoms with E-state index in [4.69, 9.17) is 17.3 Å². The summed E-state index contributed by atoms with van der Waals surface area (Å²) in [4.78, 5) is 10.1. The fourth-order valence-corrected chi connectivity index (χ4v) is 0. The maximum absolute atomic E-state index is 10.1. The molecule has 0 aromatic rings. The van der Waals surface area contributed by atoms with Crippen molar-refractivity contribution in [2.24, 2.45) is 5.73 Å². The molecule has 0 rings (SSSR count). The van der Waals surface area contributed by atoms with Crippen LogP contribution in [-0.2, 0) is 4.79 Å². The van der Waals surface area contributed by atoms with Crippen LogP contribution in [0.3, 0.4) is 0 Å². The van der Waals surface area contributed by atoms with Crippen LogP contribution in [0.15, 0.2) is 0 Å². The van der Waals surface area contributed by atoms with Crippen molar-refractivity contribution < 1.29 is 4.79 Å². The Labute approximate surface area is 59.8 Å². The molecule has 0 saturated heterocycles. The molecule has 0 aliphatic heterocycles. The molecule has 2 N–H and O–H groups in total. The molecular weight excluding hydrogens is 149 g/mol. The van der Waals surface area contributed by atoms with Gasteiger partial charge < -0.3 is 5.73 Å². The third kappa shape index (κ3) is 4.37. The highest BCUT2D eigenvalue weighted by Gasteiger charge is 2.18. The lowest BCUT2D eigenvalue weighted by Crippen LogP contribution is -2.38. The van der Waals surface area contributed by atoms with Crippen LogP contribution in [-0.4, -0.2) is 10.8 Å². The maximum Gasteiger partial charge on any atom is 0.240 e. The predicted molar refractivity (Wildman–Crippen MR) is 36.4 cm³/mol. The van der Waals surface area contributed by atoms with Crippen molar-refractivity contribution in [3.05, 3.63) is 0 Å². The molecule has 0 saturated carbocycles. The smallest absolute Gasteiger partial charge is 0.240 e. The topological polar surface area (TPSA) is 43.1 Å². The van der Waals surface area contributed by atoms with E-state index >= 15 is 0 Å². The molecule has 0 aromatic carbocycles. The minimum absolute atomic E-state index is 0. The Bertz CT molecular complexity index is 86.5. The average molecular weight is 158 g/mol. The number of carbonyl (C=O) groups is 1. The van der Waals surface area contributed by atoms with Gasteiger partial charge in [-0.25, -0.2) is 0 Å². The van der Waals surface area contributed by atoms with E-state index in [2.05, 4.69) is 0 Å². The molecule has 0 unspecified atom stereocenters. The molecule has 8 heavy (non-hydrogen) atoms. The molecule has 0 radical (unpaired) electrons. The van der Waals surface area contributed by atoms with Gasteiger partial charge in [-0.3, -0.25) is 4.79 Å². The Kier molecular flexibility index (Phi) is 4.53. The van der Waals surface area contributed by atoms with Crippen molar-refractivity contribution in [2.45, 2.75) is 19.4 Å². The minimum atomic E-state index is -0.873. The van der Waals surface area contributed by atoms with Crippen molar-refractivity contribution in [1.82, 2.24) is 0 Å². The first-order valence-electron chi connectivity index (χ1n) is 1.93. The summed E-state index contributed by atoms with van der Waals surface area (Å²) in [6, 6.07) is 0. The second-order valence-corrected chi connectivity index (χ2v) is 2.34. The van der Waals surface area contributed by atoms with Crippen molar-refractivity contribution in [3.8, 4) is 0 Å². The van der Waals surface area contributed by atoms with Crippen LogP contribution >= 0.6 is 24.0 Å². The van der Waals surface area contributed by atoms with E-state index in [1.807, 2.05) is 0 Å². The Balaban J connectivity index is 0. The SMILES string of the molecule is CC(C)(N)C(=O)Cl.Cl. The van der Waals surface area contributed by atoms with Gasteiger partial charge in [0.25, 0.3) is 0 Å². The lowest BCUT2D eigenvalue weighted by atomic mass is 10.1. The summed E-state index contributed by atoms with van der Waals surface area (Å²) in [6.07, 6.45) is 0. The fourth-order valence-electron chi connectivity index (χ4n) is 0. The number of hydrogen-bond acceptors (Lipinski definition) is 2. The van der Waals surface area contributed by atoms with E-state index in [0.29, 0.717) is 0 Å². The van der Waals surface area contributed by atoms with E-state index in [1.165, 1.54) is 0 Å². The van der Waals surface area contributed by atoms with Gasteiger partial charge in [-0.2, -0.15) is 0 Å². The zero-order valence-corrected chi connectivity index (χ0v) is 6.34. The van der Waals surface area contributed by atoms with Crippen molar-refractivity contribution >= 4 is 29.3 Å². The van der Waals surface area contributed by atoms with Gasteiger partial charge in [0.2, 0.25) is 5.24 Å². The fraction of sp³-hybridized carbons (Fsp3) is 0.750. The van der Waals surface area contributed by atoms with Gasteiger partial charge in [-0.05, 0) is 25.4 Å². The monoisotopic (exact) mass is 157 g/mol. The molecule has 0 aliphatic rings. The zero-order chi connectivity index (χ0) is 6.08. The highest BCUT2D eigenvalue weighted by atomic mass is 35.5. The molecule has 0 bridgehead atoms. The van der Waals surface area contributed by atoms with Gasteiger partial charge in [0.15, 0.2) is 0 Å². The molecule has 4 heteroatoms. The van der Waals surface area contributed by atoms with Crippen LogP contribution < -0.4 is 5.73 Å². The van der Waals surface area contributed by atoms with Crippen LogP contribution in [0.4, 0.5) is 0 Å². The Morgan fingerprint density at radius 3 is 1.75 bits per heavy atom. The highest BCUT2D eigenvalue weighted by Crippen LogP contribution is 2.00. The van der Waals surface area contributed by atoms with E-state index in [-0.39, 0.29) is 12.4 Å². The van der Waals surface area contributed by atoms with E-state index in [1.54, 1.807) is 13.8 Å². The summed E-state index contributed by atoms with van der Waals surface area (Å²) >= 11 is 4.99. The van der Waals surface area contributed by atoms with E-state index < -0.39 is 10.8 Å². The molecule has 0 atom stereocenters. The summed E-state index contributed by atoms with van der Waals surface area (Å²) < 4.78 is 0. The van der Waals surface area contributed by atoms with Gasteiger partial charge in [0.1, 0.15) is 0 Å². The molecule has 0 spiro atoms. The maximum atomic E-state index is 10.1. The largest absolute Gasteiger partial charge is 0.318 e. The van der Waals surface area contributed by atoms with Gasteiger partial charge in [-0.1, -0.05) is 0 Å². The molecule has 0 heterocycles. The lowest BCUT2D eigenvalue weighted by molar-refractivity contribution is -0.115. The number of rotatable bonds is 1. The van der Waals surface area contributed by atoms with Crippen LogP contribution in [0.1, 0.15) is 13.8 Å². The van der Waals surface area contributed by atoms with Crippen LogP contribution in [0.5, 0.6) is 0 Å². The third-order valence-electron chi connectivity index (χ3n) is 0.507. The quantitative estimate of drug-likeness (QED) is 0.576. The average Bonchev–Trinajstić information content (AvgIpc) is 1.31. The number of halogens is 2. The van der Waals surface area contributed by atoms with Gasteiger partial charge >= 0.3 is 0 Å². The van der Waals surface area contributed by atoms with Gasteiger partial charge in [-0.15, -0.1) is 12.4 Å². The molecule has 50 valence electrons. The molecule has 0 aromatic heterocycles. The molecule has 0 amide bonds. The van der Waals surface area contributed by atoms with Crippen molar-refractivity contribution in [2.75, 3.05) is 0 Å². The van der Waals surface area contributed by atoms with Gasteiger partial charge in [0.05, 0.1) is 5.54 Å². The molecule has 0 fully saturated rings. The van der Waals surface area contributed by atoms with E-state index in [0.717, 1.165) is 0 Å². The summed E-state index contributed by atoms with van der Waals surface area (Å²) in [7, 11) is 0. The minimum Gasteiger partial charge on any atom is -0.318 e. The number of nitrogens with two attached hydrogens (primary N) is 1. The zero-order valence-electron chi connectivity index (χ0n) is 4.77. The number of carbonyl (C=O) groups excluding carboxylic acids is 1. The first kappa shape index (κ1) is 11.1. The summed E-state index contributed by atoms with van der Waals surface area (Å²) in [5, 5.41) is -0.507. The van der Waals surface area contributed by atoms with Gasteiger partial charge in [0, 0.05) is 0 Å². The Morgan fingerprint density at radius 2 is 1.75 bits per heavy atom. The Hall–Kier alpha value is 0.210. The molecule has 2 nitrogen and oxygen atoms in total. The van der Waals surface area contributed by atoms with Crippen LogP contribution in [0.25, 0.3) is 0 Å². The standard InChI is InChI=1S/C4H8ClNO.ClH/c1-4(2,6)3(5)7;/h6H2,1-2H3;1H. The Morgan fingerprint density at radius 1 is 1.62 bits per heavy atom. The highest BCUT2D eigenvalue weighted by molar-refractivity contribution is 6.65. The van der Waals surface area contributed by atoms with Crippen LogP contribution in [0.2, 0.25) is 0 Å². The molecular formula is C4H9Cl2NO. The van der Waals surface area contributed by atoms with E-state index in [9.17, 15) is 4.79 Å². The van der Waals surface area contributed by atoms with Crippen LogP contribution in [0, 0.1) is 0 Å². The summed E-state index contributed by atoms with van der Waals surface area (Å²) in [5.74, 6) is 0. The van der Waals surface area contributed by atoms with Crippen molar-refractivity contribution in [1.29, 1.82) is 0 Å². The summed E-state index contributed by atoms with van der Waals surface area (Å²) in [6.45, 7) is 3.12. The lowest BCUT2D eigenvalue weighted by Gasteiger charge is -2.09. The second-order valence-electron chi connectivity index (χ2n) is 2.00. The molecule has 0 aliphatic carbocycles. The normalized spacial score (nSPS) is 10.0. The second kappa shape index (κ2) is 3.28. The third-order valence-corrected chi connectivity index (χ3v) is 0.994. The first-order valence-corrected chi connectivity index (χ1v) is 2.31. The number of hydrogen-bond donors (Lipinski definition) is 1. The summed E-state index contributed by atoms with van der Waals surface area (Å²) in [5.41, 5.74) is 4.32.